The molecule has 4 rings (SSSR count). The highest BCUT2D eigenvalue weighted by Gasteiger charge is 2.28. The van der Waals surface area contributed by atoms with Gasteiger partial charge in [0.25, 0.3) is 5.91 Å². The molecule has 0 unspecified atom stereocenters. The fourth-order valence-corrected chi connectivity index (χ4v) is 3.77. The Morgan fingerprint density at radius 1 is 1.03 bits per heavy atom. The molecule has 0 saturated heterocycles. The van der Waals surface area contributed by atoms with Crippen LogP contribution in [-0.2, 0) is 6.42 Å². The van der Waals surface area contributed by atoms with Crippen molar-refractivity contribution in [3.8, 4) is 0 Å². The van der Waals surface area contributed by atoms with E-state index >= 15 is 0 Å². The van der Waals surface area contributed by atoms with Gasteiger partial charge in [0.1, 0.15) is 0 Å². The molecule has 152 valence electrons. The van der Waals surface area contributed by atoms with Crippen LogP contribution < -0.4 is 5.32 Å². The maximum Gasteiger partial charge on any atom is 0.258 e. The van der Waals surface area contributed by atoms with E-state index in [9.17, 15) is 9.59 Å². The first-order chi connectivity index (χ1) is 14.4. The van der Waals surface area contributed by atoms with Crippen molar-refractivity contribution in [3.63, 3.8) is 0 Å². The molecule has 2 aromatic carbocycles. The van der Waals surface area contributed by atoms with Gasteiger partial charge in [-0.05, 0) is 48.4 Å². The number of nitrogens with zero attached hydrogens (tertiary/aromatic N) is 2. The van der Waals surface area contributed by atoms with E-state index < -0.39 is 0 Å². The van der Waals surface area contributed by atoms with E-state index in [2.05, 4.69) is 53.4 Å². The van der Waals surface area contributed by atoms with Crippen molar-refractivity contribution in [2.75, 3.05) is 5.32 Å². The predicted molar refractivity (Wildman–Crippen MR) is 117 cm³/mol. The molecule has 0 saturated carbocycles. The van der Waals surface area contributed by atoms with Crippen LogP contribution in [0.25, 0.3) is 0 Å². The summed E-state index contributed by atoms with van der Waals surface area (Å²) in [5.41, 5.74) is 5.30. The molecule has 1 amide bonds. The second-order valence-corrected chi connectivity index (χ2v) is 8.22. The maximum absolute atomic E-state index is 12.7. The SMILES string of the molecule is Cc1ccc(C(=O)Nc2ncc3c(n2)C[C@H](c2ccc(C(C)C)cc2)CC3=O)cc1. The van der Waals surface area contributed by atoms with Gasteiger partial charge in [-0.3, -0.25) is 14.9 Å². The van der Waals surface area contributed by atoms with Gasteiger partial charge < -0.3 is 0 Å². The average molecular weight is 399 g/mol. The lowest BCUT2D eigenvalue weighted by Gasteiger charge is -2.23. The van der Waals surface area contributed by atoms with Gasteiger partial charge in [0.05, 0.1) is 11.3 Å². The highest BCUT2D eigenvalue weighted by atomic mass is 16.1. The van der Waals surface area contributed by atoms with Crippen LogP contribution in [0.1, 0.15) is 75.2 Å². The van der Waals surface area contributed by atoms with Gasteiger partial charge in [-0.2, -0.15) is 0 Å². The van der Waals surface area contributed by atoms with Gasteiger partial charge >= 0.3 is 0 Å². The molecule has 0 spiro atoms. The average Bonchev–Trinajstić information content (AvgIpc) is 2.74. The quantitative estimate of drug-likeness (QED) is 0.664. The monoisotopic (exact) mass is 399 g/mol. The fourth-order valence-electron chi connectivity index (χ4n) is 3.77. The number of aryl methyl sites for hydroxylation is 1. The summed E-state index contributed by atoms with van der Waals surface area (Å²) in [6.45, 7) is 6.30. The van der Waals surface area contributed by atoms with Crippen molar-refractivity contribution in [3.05, 3.63) is 88.2 Å². The molecular weight excluding hydrogens is 374 g/mol. The zero-order valence-corrected chi connectivity index (χ0v) is 17.5. The third-order valence-electron chi connectivity index (χ3n) is 5.65. The van der Waals surface area contributed by atoms with Gasteiger partial charge in [-0.25, -0.2) is 9.97 Å². The Morgan fingerprint density at radius 3 is 2.40 bits per heavy atom. The van der Waals surface area contributed by atoms with Crippen LogP contribution in [0.15, 0.2) is 54.7 Å². The Balaban J connectivity index is 1.54. The maximum atomic E-state index is 12.7. The molecule has 0 bridgehead atoms. The highest BCUT2D eigenvalue weighted by Crippen LogP contribution is 2.32. The number of carbonyl (C=O) groups excluding carboxylic acids is 2. The Morgan fingerprint density at radius 2 is 1.73 bits per heavy atom. The number of fused-ring (bicyclic) bond motifs is 1. The molecular formula is C25H25N3O2. The Bertz CT molecular complexity index is 1090. The zero-order valence-electron chi connectivity index (χ0n) is 17.5. The number of nitrogens with one attached hydrogen (secondary N) is 1. The normalized spacial score (nSPS) is 15.7. The van der Waals surface area contributed by atoms with E-state index in [0.717, 1.165) is 11.1 Å². The van der Waals surface area contributed by atoms with Gasteiger partial charge in [0.15, 0.2) is 5.78 Å². The Kier molecular flexibility index (Phi) is 5.44. The van der Waals surface area contributed by atoms with E-state index in [4.69, 9.17) is 0 Å². The lowest BCUT2D eigenvalue weighted by atomic mass is 9.81. The van der Waals surface area contributed by atoms with Gasteiger partial charge in [-0.15, -0.1) is 0 Å². The summed E-state index contributed by atoms with van der Waals surface area (Å²) < 4.78 is 0. The number of rotatable bonds is 4. The molecule has 1 aliphatic carbocycles. The molecule has 0 radical (unpaired) electrons. The van der Waals surface area contributed by atoms with Crippen LogP contribution >= 0.6 is 0 Å². The van der Waals surface area contributed by atoms with Crippen molar-refractivity contribution < 1.29 is 9.59 Å². The lowest BCUT2D eigenvalue weighted by molar-refractivity contribution is 0.0962. The number of carbonyl (C=O) groups is 2. The van der Waals surface area contributed by atoms with Crippen LogP contribution in [0.4, 0.5) is 5.95 Å². The van der Waals surface area contributed by atoms with Crippen molar-refractivity contribution >= 4 is 17.6 Å². The summed E-state index contributed by atoms with van der Waals surface area (Å²) in [5, 5.41) is 2.74. The van der Waals surface area contributed by atoms with Crippen molar-refractivity contribution in [1.29, 1.82) is 0 Å². The Labute approximate surface area is 176 Å². The molecule has 5 nitrogen and oxygen atoms in total. The number of Topliss-reactive ketones (excluding diaryl/α,β-unsaturated/α-hetero) is 1. The minimum atomic E-state index is -0.266. The summed E-state index contributed by atoms with van der Waals surface area (Å²) >= 11 is 0. The number of hydrogen-bond acceptors (Lipinski definition) is 4. The van der Waals surface area contributed by atoms with Crippen molar-refractivity contribution in [2.45, 2.75) is 45.4 Å². The van der Waals surface area contributed by atoms with E-state index in [1.165, 1.54) is 11.8 Å². The predicted octanol–water partition coefficient (Wildman–Crippen LogP) is 5.07. The van der Waals surface area contributed by atoms with Gasteiger partial charge in [0, 0.05) is 18.2 Å². The minimum absolute atomic E-state index is 0.0468. The van der Waals surface area contributed by atoms with E-state index in [0.29, 0.717) is 35.6 Å². The number of ketones is 1. The highest BCUT2D eigenvalue weighted by molar-refractivity contribution is 6.03. The van der Waals surface area contributed by atoms with Gasteiger partial charge in [0.2, 0.25) is 5.95 Å². The second kappa shape index (κ2) is 8.19. The molecule has 1 aliphatic rings. The summed E-state index contributed by atoms with van der Waals surface area (Å²) in [7, 11) is 0. The summed E-state index contributed by atoms with van der Waals surface area (Å²) in [6, 6.07) is 15.8. The molecule has 1 N–H and O–H groups in total. The number of benzene rings is 2. The third kappa shape index (κ3) is 4.15. The van der Waals surface area contributed by atoms with E-state index in [1.54, 1.807) is 12.1 Å². The molecule has 1 heterocycles. The summed E-state index contributed by atoms with van der Waals surface area (Å²) in [6.07, 6.45) is 2.64. The van der Waals surface area contributed by atoms with Crippen LogP contribution in [-0.4, -0.2) is 21.7 Å². The molecule has 1 atom stereocenters. The molecule has 30 heavy (non-hydrogen) atoms. The third-order valence-corrected chi connectivity index (χ3v) is 5.65. The summed E-state index contributed by atoms with van der Waals surface area (Å²) in [4.78, 5) is 33.8. The fraction of sp³-hybridized carbons (Fsp3) is 0.280. The summed E-state index contributed by atoms with van der Waals surface area (Å²) in [5.74, 6) is 0.563. The van der Waals surface area contributed by atoms with Crippen LogP contribution in [0.2, 0.25) is 0 Å². The first-order valence-electron chi connectivity index (χ1n) is 10.3. The zero-order chi connectivity index (χ0) is 21.3. The smallest absolute Gasteiger partial charge is 0.258 e. The van der Waals surface area contributed by atoms with E-state index in [-0.39, 0.29) is 23.6 Å². The lowest BCUT2D eigenvalue weighted by Crippen LogP contribution is -2.22. The number of amides is 1. The van der Waals surface area contributed by atoms with Crippen LogP contribution in [0.3, 0.4) is 0 Å². The first kappa shape index (κ1) is 20.0. The van der Waals surface area contributed by atoms with Crippen LogP contribution in [0.5, 0.6) is 0 Å². The molecule has 3 aromatic rings. The Hall–Kier alpha value is -3.34. The molecule has 0 fully saturated rings. The van der Waals surface area contributed by atoms with Gasteiger partial charge in [-0.1, -0.05) is 55.8 Å². The number of anilines is 1. The molecule has 1 aromatic heterocycles. The van der Waals surface area contributed by atoms with E-state index in [1.807, 2.05) is 19.1 Å². The first-order valence-corrected chi connectivity index (χ1v) is 10.3. The number of aromatic nitrogens is 2. The minimum Gasteiger partial charge on any atom is -0.294 e. The molecule has 5 heteroatoms. The largest absolute Gasteiger partial charge is 0.294 e. The van der Waals surface area contributed by atoms with Crippen molar-refractivity contribution in [1.82, 2.24) is 9.97 Å². The number of hydrogen-bond donors (Lipinski definition) is 1. The second-order valence-electron chi connectivity index (χ2n) is 8.22. The van der Waals surface area contributed by atoms with Crippen molar-refractivity contribution in [2.24, 2.45) is 0 Å². The standard InChI is InChI=1S/C25H25N3O2/c1-15(2)17-8-10-18(11-9-17)20-12-22-21(23(29)13-20)14-26-25(27-22)28-24(30)19-6-4-16(3)5-7-19/h4-11,14-15,20H,12-13H2,1-3H3,(H,26,27,28,30)/t20-/m0/s1. The molecule has 0 aliphatic heterocycles. The van der Waals surface area contributed by atoms with Crippen LogP contribution in [0, 0.1) is 6.92 Å². The topological polar surface area (TPSA) is 72.0 Å².